The fourth-order valence-corrected chi connectivity index (χ4v) is 5.94. The van der Waals surface area contributed by atoms with E-state index < -0.39 is 10.0 Å². The lowest BCUT2D eigenvalue weighted by Crippen LogP contribution is -2.41. The van der Waals surface area contributed by atoms with E-state index >= 15 is 0 Å². The molecular weight excluding hydrogens is 474 g/mol. The average Bonchev–Trinajstić information content (AvgIpc) is 3.35. The largest absolute Gasteiger partial charge is 0.326 e. The Bertz CT molecular complexity index is 1560. The maximum atomic E-state index is 12.9. The molecule has 2 aromatic heterocycles. The van der Waals surface area contributed by atoms with Crippen LogP contribution in [0.5, 0.6) is 0 Å². The second-order valence-electron chi connectivity index (χ2n) is 8.93. The standard InChI is InChI=1S/C27H25N5O3S/c1-19-3-2-14-31-18-25(30-26(19)31)21-6-8-23(9-7-21)29-27(33)22-12-15-32(16-13-22)36(34,35)24-10-4-20(17-28)5-11-24/h2-11,14,18,22H,12-13,15-16H2,1H3,(H,29,33). The van der Waals surface area contributed by atoms with Gasteiger partial charge in [0.1, 0.15) is 5.65 Å². The average molecular weight is 500 g/mol. The molecule has 0 radical (unpaired) electrons. The summed E-state index contributed by atoms with van der Waals surface area (Å²) in [5.41, 5.74) is 4.93. The molecule has 8 nitrogen and oxygen atoms in total. The summed E-state index contributed by atoms with van der Waals surface area (Å²) in [6.45, 7) is 2.57. The van der Waals surface area contributed by atoms with Crippen molar-refractivity contribution in [3.05, 3.63) is 84.2 Å². The Morgan fingerprint density at radius 2 is 1.75 bits per heavy atom. The van der Waals surface area contributed by atoms with Crippen LogP contribution in [0.3, 0.4) is 0 Å². The smallest absolute Gasteiger partial charge is 0.243 e. The molecule has 0 bridgehead atoms. The predicted octanol–water partition coefficient (Wildman–Crippen LogP) is 4.22. The van der Waals surface area contributed by atoms with E-state index in [1.165, 1.54) is 28.6 Å². The Morgan fingerprint density at radius 1 is 1.06 bits per heavy atom. The number of aromatic nitrogens is 2. The number of nitriles is 1. The minimum Gasteiger partial charge on any atom is -0.326 e. The molecule has 0 spiro atoms. The van der Waals surface area contributed by atoms with Crippen molar-refractivity contribution >= 4 is 27.3 Å². The van der Waals surface area contributed by atoms with E-state index in [0.717, 1.165) is 22.5 Å². The highest BCUT2D eigenvalue weighted by Gasteiger charge is 2.32. The summed E-state index contributed by atoms with van der Waals surface area (Å²) >= 11 is 0. The summed E-state index contributed by atoms with van der Waals surface area (Å²) in [6.07, 6.45) is 4.84. The van der Waals surface area contributed by atoms with Gasteiger partial charge in [0.05, 0.1) is 22.2 Å². The summed E-state index contributed by atoms with van der Waals surface area (Å²) in [5.74, 6) is -0.375. The number of benzene rings is 2. The molecule has 1 saturated heterocycles. The number of pyridine rings is 1. The van der Waals surface area contributed by atoms with Crippen LogP contribution in [-0.4, -0.2) is 41.1 Å². The Kier molecular flexibility index (Phi) is 6.31. The number of imidazole rings is 1. The molecule has 2 aromatic carbocycles. The van der Waals surface area contributed by atoms with E-state index in [0.29, 0.717) is 24.1 Å². The summed E-state index contributed by atoms with van der Waals surface area (Å²) in [6, 6.07) is 19.5. The van der Waals surface area contributed by atoms with Crippen LogP contribution in [0.15, 0.2) is 78.0 Å². The van der Waals surface area contributed by atoms with Crippen LogP contribution in [0.2, 0.25) is 0 Å². The molecule has 1 aliphatic heterocycles. The minimum atomic E-state index is -3.65. The Morgan fingerprint density at radius 3 is 2.39 bits per heavy atom. The first kappa shape index (κ1) is 23.7. The van der Waals surface area contributed by atoms with Crippen molar-refractivity contribution in [3.63, 3.8) is 0 Å². The van der Waals surface area contributed by atoms with Gasteiger partial charge in [-0.05, 0) is 67.8 Å². The van der Waals surface area contributed by atoms with Gasteiger partial charge >= 0.3 is 0 Å². The number of carbonyl (C=O) groups is 1. The van der Waals surface area contributed by atoms with Crippen molar-refractivity contribution in [2.75, 3.05) is 18.4 Å². The molecule has 36 heavy (non-hydrogen) atoms. The summed E-state index contributed by atoms with van der Waals surface area (Å²) < 4.78 is 29.2. The highest BCUT2D eigenvalue weighted by atomic mass is 32.2. The van der Waals surface area contributed by atoms with E-state index in [4.69, 9.17) is 10.2 Å². The predicted molar refractivity (Wildman–Crippen MR) is 137 cm³/mol. The second-order valence-corrected chi connectivity index (χ2v) is 10.9. The van der Waals surface area contributed by atoms with Crippen LogP contribution in [0.4, 0.5) is 5.69 Å². The number of nitrogens with one attached hydrogen (secondary N) is 1. The molecule has 0 aliphatic carbocycles. The Hall–Kier alpha value is -4.00. The number of carbonyl (C=O) groups excluding carboxylic acids is 1. The van der Waals surface area contributed by atoms with Crippen LogP contribution >= 0.6 is 0 Å². The second kappa shape index (κ2) is 9.57. The molecular formula is C27H25N5O3S. The van der Waals surface area contributed by atoms with Crippen molar-refractivity contribution in [3.8, 4) is 17.3 Å². The van der Waals surface area contributed by atoms with Gasteiger partial charge in [-0.25, -0.2) is 13.4 Å². The van der Waals surface area contributed by atoms with E-state index in [1.807, 2.05) is 66.2 Å². The van der Waals surface area contributed by atoms with E-state index in [-0.39, 0.29) is 29.8 Å². The monoisotopic (exact) mass is 499 g/mol. The van der Waals surface area contributed by atoms with Crippen molar-refractivity contribution in [2.24, 2.45) is 5.92 Å². The first-order chi connectivity index (χ1) is 17.3. The van der Waals surface area contributed by atoms with Gasteiger partial charge in [0, 0.05) is 42.7 Å². The first-order valence-corrected chi connectivity index (χ1v) is 13.1. The molecule has 9 heteroatoms. The zero-order valence-electron chi connectivity index (χ0n) is 19.8. The number of sulfonamides is 1. The van der Waals surface area contributed by atoms with Crippen LogP contribution in [-0.2, 0) is 14.8 Å². The molecule has 5 rings (SSSR count). The van der Waals surface area contributed by atoms with Crippen molar-refractivity contribution in [1.82, 2.24) is 13.7 Å². The zero-order valence-corrected chi connectivity index (χ0v) is 20.6. The molecule has 4 aromatic rings. The van der Waals surface area contributed by atoms with Gasteiger partial charge in [0.2, 0.25) is 15.9 Å². The fraction of sp³-hybridized carbons (Fsp3) is 0.222. The molecule has 1 fully saturated rings. The molecule has 1 aliphatic rings. The molecule has 182 valence electrons. The lowest BCUT2D eigenvalue weighted by atomic mass is 9.97. The van der Waals surface area contributed by atoms with Gasteiger partial charge < -0.3 is 9.72 Å². The van der Waals surface area contributed by atoms with Gasteiger partial charge in [0.25, 0.3) is 0 Å². The van der Waals surface area contributed by atoms with Crippen molar-refractivity contribution in [2.45, 2.75) is 24.7 Å². The normalized spacial score (nSPS) is 15.0. The number of amides is 1. The SMILES string of the molecule is Cc1cccn2cc(-c3ccc(NC(=O)C4CCN(S(=O)(=O)c5ccc(C#N)cc5)CC4)cc3)nc12. The van der Waals surface area contributed by atoms with Crippen LogP contribution < -0.4 is 5.32 Å². The quantitative estimate of drug-likeness (QED) is 0.442. The highest BCUT2D eigenvalue weighted by Crippen LogP contribution is 2.26. The number of fused-ring (bicyclic) bond motifs is 1. The minimum absolute atomic E-state index is 0.110. The lowest BCUT2D eigenvalue weighted by Gasteiger charge is -2.30. The Balaban J connectivity index is 1.20. The third-order valence-electron chi connectivity index (χ3n) is 6.57. The summed E-state index contributed by atoms with van der Waals surface area (Å²) in [7, 11) is -3.65. The maximum Gasteiger partial charge on any atom is 0.243 e. The molecule has 0 atom stereocenters. The van der Waals surface area contributed by atoms with Gasteiger partial charge in [-0.2, -0.15) is 9.57 Å². The van der Waals surface area contributed by atoms with Gasteiger partial charge in [-0.15, -0.1) is 0 Å². The number of hydrogen-bond acceptors (Lipinski definition) is 5. The number of aryl methyl sites for hydroxylation is 1. The lowest BCUT2D eigenvalue weighted by molar-refractivity contribution is -0.120. The number of anilines is 1. The van der Waals surface area contributed by atoms with Gasteiger partial charge in [-0.3, -0.25) is 4.79 Å². The number of rotatable bonds is 5. The first-order valence-electron chi connectivity index (χ1n) is 11.7. The fourth-order valence-electron chi connectivity index (χ4n) is 4.47. The topological polar surface area (TPSA) is 108 Å². The highest BCUT2D eigenvalue weighted by molar-refractivity contribution is 7.89. The maximum absolute atomic E-state index is 12.9. The van der Waals surface area contributed by atoms with Gasteiger partial charge in [-0.1, -0.05) is 18.2 Å². The summed E-state index contributed by atoms with van der Waals surface area (Å²) in [4.78, 5) is 17.7. The van der Waals surface area contributed by atoms with Crippen LogP contribution in [0.25, 0.3) is 16.9 Å². The molecule has 1 N–H and O–H groups in total. The third kappa shape index (κ3) is 4.61. The molecule has 3 heterocycles. The molecule has 1 amide bonds. The van der Waals surface area contributed by atoms with Crippen molar-refractivity contribution < 1.29 is 13.2 Å². The number of hydrogen-bond donors (Lipinski definition) is 1. The van der Waals surface area contributed by atoms with Crippen LogP contribution in [0.1, 0.15) is 24.0 Å². The summed E-state index contributed by atoms with van der Waals surface area (Å²) in [5, 5.41) is 11.9. The van der Waals surface area contributed by atoms with Gasteiger partial charge in [0.15, 0.2) is 0 Å². The van der Waals surface area contributed by atoms with E-state index in [2.05, 4.69) is 5.32 Å². The molecule has 0 saturated carbocycles. The number of piperidine rings is 1. The van der Waals surface area contributed by atoms with E-state index in [1.54, 1.807) is 0 Å². The van der Waals surface area contributed by atoms with Crippen molar-refractivity contribution in [1.29, 1.82) is 5.26 Å². The van der Waals surface area contributed by atoms with Crippen LogP contribution in [0, 0.1) is 24.2 Å². The number of nitrogens with zero attached hydrogens (tertiary/aromatic N) is 4. The van der Waals surface area contributed by atoms with E-state index in [9.17, 15) is 13.2 Å². The zero-order chi connectivity index (χ0) is 25.3. The third-order valence-corrected chi connectivity index (χ3v) is 8.48. The molecule has 0 unspecified atom stereocenters. The Labute approximate surface area is 209 Å².